The van der Waals surface area contributed by atoms with Gasteiger partial charge in [0.15, 0.2) is 0 Å². The molecular formula is C17H32N3+. The Morgan fingerprint density at radius 1 is 0.950 bits per heavy atom. The fraction of sp³-hybridized carbons (Fsp3) is 0.647. The van der Waals surface area contributed by atoms with Crippen LogP contribution in [0.15, 0.2) is 24.3 Å². The average Bonchev–Trinajstić information content (AvgIpc) is 2.47. The van der Waals surface area contributed by atoms with Gasteiger partial charge in [0.1, 0.15) is 6.54 Å². The maximum Gasteiger partial charge on any atom is 0.104 e. The predicted octanol–water partition coefficient (Wildman–Crippen LogP) is 2.16. The quantitative estimate of drug-likeness (QED) is 0.506. The molecule has 0 radical (unpaired) electrons. The number of hydrogen-bond donors (Lipinski definition) is 2. The second kappa shape index (κ2) is 9.11. The van der Waals surface area contributed by atoms with Crippen LogP contribution in [0.4, 0.5) is 0 Å². The molecule has 0 saturated carbocycles. The van der Waals surface area contributed by atoms with Crippen LogP contribution in [0, 0.1) is 6.92 Å². The van der Waals surface area contributed by atoms with Crippen LogP contribution in [0.3, 0.4) is 0 Å². The zero-order chi connectivity index (χ0) is 14.8. The van der Waals surface area contributed by atoms with E-state index in [9.17, 15) is 0 Å². The van der Waals surface area contributed by atoms with Gasteiger partial charge in [0.05, 0.1) is 19.6 Å². The molecule has 1 rings (SSSR count). The van der Waals surface area contributed by atoms with Crippen LogP contribution in [-0.4, -0.2) is 51.3 Å². The smallest absolute Gasteiger partial charge is 0.104 e. The minimum atomic E-state index is 1.08. The molecule has 0 aliphatic rings. The van der Waals surface area contributed by atoms with Crippen molar-refractivity contribution in [3.05, 3.63) is 35.4 Å². The highest BCUT2D eigenvalue weighted by molar-refractivity contribution is 5.20. The maximum absolute atomic E-state index is 3.31. The van der Waals surface area contributed by atoms with E-state index in [0.29, 0.717) is 0 Å². The number of likely N-dealkylation sites (N-methyl/N-ethyl adjacent to an activating group) is 2. The molecule has 1 atom stereocenters. The molecule has 0 spiro atoms. The van der Waals surface area contributed by atoms with Gasteiger partial charge in [-0.3, -0.25) is 0 Å². The molecule has 3 nitrogen and oxygen atoms in total. The maximum atomic E-state index is 3.31. The van der Waals surface area contributed by atoms with Crippen molar-refractivity contribution < 1.29 is 4.48 Å². The molecule has 2 N–H and O–H groups in total. The lowest BCUT2D eigenvalue weighted by molar-refractivity contribution is -0.938. The molecule has 0 saturated heterocycles. The Morgan fingerprint density at radius 3 is 2.15 bits per heavy atom. The molecular weight excluding hydrogens is 246 g/mol. The largest absolute Gasteiger partial charge is 0.320 e. The Balaban J connectivity index is 2.75. The van der Waals surface area contributed by atoms with E-state index < -0.39 is 0 Å². The van der Waals surface area contributed by atoms with Gasteiger partial charge in [-0.1, -0.05) is 29.8 Å². The standard InChI is InChI=1S/C17H32N3/c1-5-20(14-12-19-4,13-6-11-18-3)15-17-9-7-16(2)8-10-17/h7-10,18-19H,5-6,11-15H2,1-4H3/q+1. The van der Waals surface area contributed by atoms with Gasteiger partial charge >= 0.3 is 0 Å². The van der Waals surface area contributed by atoms with Gasteiger partial charge in [0.25, 0.3) is 0 Å². The van der Waals surface area contributed by atoms with E-state index in [1.54, 1.807) is 0 Å². The summed E-state index contributed by atoms with van der Waals surface area (Å²) in [6, 6.07) is 9.03. The summed E-state index contributed by atoms with van der Waals surface area (Å²) >= 11 is 0. The first-order valence-corrected chi connectivity index (χ1v) is 7.85. The minimum Gasteiger partial charge on any atom is -0.320 e. The topological polar surface area (TPSA) is 24.1 Å². The Labute approximate surface area is 125 Å². The van der Waals surface area contributed by atoms with E-state index in [2.05, 4.69) is 48.7 Å². The first-order chi connectivity index (χ1) is 9.65. The lowest BCUT2D eigenvalue weighted by Gasteiger charge is -2.38. The fourth-order valence-electron chi connectivity index (χ4n) is 2.72. The molecule has 0 amide bonds. The van der Waals surface area contributed by atoms with Crippen molar-refractivity contribution in [3.8, 4) is 0 Å². The minimum absolute atomic E-state index is 1.08. The summed E-state index contributed by atoms with van der Waals surface area (Å²) < 4.78 is 1.17. The van der Waals surface area contributed by atoms with E-state index in [4.69, 9.17) is 0 Å². The molecule has 0 bridgehead atoms. The van der Waals surface area contributed by atoms with E-state index in [1.807, 2.05) is 14.1 Å². The van der Waals surface area contributed by atoms with Crippen molar-refractivity contribution in [1.82, 2.24) is 10.6 Å². The summed E-state index contributed by atoms with van der Waals surface area (Å²) in [5.41, 5.74) is 2.80. The molecule has 1 aromatic rings. The van der Waals surface area contributed by atoms with Crippen LogP contribution in [-0.2, 0) is 6.54 Å². The zero-order valence-corrected chi connectivity index (χ0v) is 13.7. The van der Waals surface area contributed by atoms with Gasteiger partial charge in [-0.25, -0.2) is 0 Å². The van der Waals surface area contributed by atoms with Crippen LogP contribution in [0.1, 0.15) is 24.5 Å². The molecule has 0 heterocycles. The average molecular weight is 278 g/mol. The number of aryl methyl sites for hydroxylation is 1. The summed E-state index contributed by atoms with van der Waals surface area (Å²) in [5, 5.41) is 6.58. The Morgan fingerprint density at radius 2 is 1.60 bits per heavy atom. The van der Waals surface area contributed by atoms with E-state index in [0.717, 1.165) is 19.6 Å². The zero-order valence-electron chi connectivity index (χ0n) is 13.7. The van der Waals surface area contributed by atoms with Crippen molar-refractivity contribution in [2.45, 2.75) is 26.8 Å². The van der Waals surface area contributed by atoms with Crippen LogP contribution in [0.25, 0.3) is 0 Å². The highest BCUT2D eigenvalue weighted by Crippen LogP contribution is 2.16. The summed E-state index contributed by atoms with van der Waals surface area (Å²) in [7, 11) is 4.08. The second-order valence-corrected chi connectivity index (χ2v) is 5.81. The number of nitrogens with one attached hydrogen (secondary N) is 2. The molecule has 0 aromatic heterocycles. The fourth-order valence-corrected chi connectivity index (χ4v) is 2.72. The summed E-state index contributed by atoms with van der Waals surface area (Å²) in [4.78, 5) is 0. The lowest BCUT2D eigenvalue weighted by Crippen LogP contribution is -2.51. The van der Waals surface area contributed by atoms with E-state index in [-0.39, 0.29) is 0 Å². The molecule has 1 aromatic carbocycles. The summed E-state index contributed by atoms with van der Waals surface area (Å²) in [6.45, 7) is 11.4. The number of hydrogen-bond acceptors (Lipinski definition) is 2. The van der Waals surface area contributed by atoms with Gasteiger partial charge in [0, 0.05) is 25.1 Å². The van der Waals surface area contributed by atoms with Gasteiger partial charge in [-0.2, -0.15) is 0 Å². The highest BCUT2D eigenvalue weighted by atomic mass is 15.4. The first kappa shape index (κ1) is 17.2. The van der Waals surface area contributed by atoms with Crippen molar-refractivity contribution in [3.63, 3.8) is 0 Å². The van der Waals surface area contributed by atoms with Gasteiger partial charge in [-0.15, -0.1) is 0 Å². The van der Waals surface area contributed by atoms with Crippen molar-refractivity contribution in [1.29, 1.82) is 0 Å². The predicted molar refractivity (Wildman–Crippen MR) is 87.9 cm³/mol. The first-order valence-electron chi connectivity index (χ1n) is 7.85. The number of quaternary nitrogens is 1. The van der Waals surface area contributed by atoms with Crippen LogP contribution < -0.4 is 10.6 Å². The third kappa shape index (κ3) is 5.61. The number of benzene rings is 1. The van der Waals surface area contributed by atoms with Crippen LogP contribution in [0.2, 0.25) is 0 Å². The highest BCUT2D eigenvalue weighted by Gasteiger charge is 2.24. The van der Waals surface area contributed by atoms with E-state index in [1.165, 1.54) is 41.7 Å². The molecule has 0 aliphatic heterocycles. The third-order valence-corrected chi connectivity index (χ3v) is 4.20. The van der Waals surface area contributed by atoms with Gasteiger partial charge < -0.3 is 15.1 Å². The molecule has 114 valence electrons. The number of rotatable bonds is 10. The SMILES string of the molecule is CC[N+](CCCNC)(CCNC)Cc1ccc(C)cc1. The molecule has 1 unspecified atom stereocenters. The van der Waals surface area contributed by atoms with Crippen molar-refractivity contribution in [2.75, 3.05) is 46.8 Å². The Hall–Kier alpha value is -0.900. The monoisotopic (exact) mass is 278 g/mol. The lowest BCUT2D eigenvalue weighted by atomic mass is 10.1. The third-order valence-electron chi connectivity index (χ3n) is 4.20. The normalized spacial score (nSPS) is 14.2. The summed E-state index contributed by atoms with van der Waals surface area (Å²) in [5.74, 6) is 0. The van der Waals surface area contributed by atoms with Gasteiger partial charge in [0.2, 0.25) is 0 Å². The summed E-state index contributed by atoms with van der Waals surface area (Å²) in [6.07, 6.45) is 1.24. The molecule has 0 fully saturated rings. The molecule has 3 heteroatoms. The van der Waals surface area contributed by atoms with Crippen LogP contribution >= 0.6 is 0 Å². The number of nitrogens with zero attached hydrogens (tertiary/aromatic N) is 1. The molecule has 0 aliphatic carbocycles. The molecule has 20 heavy (non-hydrogen) atoms. The van der Waals surface area contributed by atoms with Crippen LogP contribution in [0.5, 0.6) is 0 Å². The Kier molecular flexibility index (Phi) is 7.82. The van der Waals surface area contributed by atoms with Gasteiger partial charge in [-0.05, 0) is 27.9 Å². The second-order valence-electron chi connectivity index (χ2n) is 5.81. The van der Waals surface area contributed by atoms with Crippen molar-refractivity contribution in [2.24, 2.45) is 0 Å². The van der Waals surface area contributed by atoms with E-state index >= 15 is 0 Å². The Bertz CT molecular complexity index is 361. The van der Waals surface area contributed by atoms with Crippen molar-refractivity contribution >= 4 is 0 Å².